The summed E-state index contributed by atoms with van der Waals surface area (Å²) < 4.78 is 0. The maximum absolute atomic E-state index is 13.4. The Kier molecular flexibility index (Phi) is 6.59. The molecule has 0 N–H and O–H groups in total. The van der Waals surface area contributed by atoms with E-state index in [9.17, 15) is 9.59 Å². The van der Waals surface area contributed by atoms with Gasteiger partial charge in [-0.15, -0.1) is 0 Å². The molecule has 2 saturated heterocycles. The van der Waals surface area contributed by atoms with Crippen LogP contribution in [0.15, 0.2) is 67.0 Å². The van der Waals surface area contributed by atoms with Crippen molar-refractivity contribution < 1.29 is 9.59 Å². The summed E-state index contributed by atoms with van der Waals surface area (Å²) in [5.41, 5.74) is 4.12. The highest BCUT2D eigenvalue weighted by Crippen LogP contribution is 2.35. The number of aromatic nitrogens is 1. The van der Waals surface area contributed by atoms with Crippen molar-refractivity contribution in [1.82, 2.24) is 9.88 Å². The van der Waals surface area contributed by atoms with E-state index in [0.717, 1.165) is 56.2 Å². The van der Waals surface area contributed by atoms with Gasteiger partial charge in [0.05, 0.1) is 17.1 Å². The number of hydrogen-bond acceptors (Lipinski definition) is 4. The van der Waals surface area contributed by atoms with Crippen LogP contribution in [0.2, 0.25) is 5.02 Å². The largest absolute Gasteiger partial charge is 0.371 e. The van der Waals surface area contributed by atoms with E-state index >= 15 is 0 Å². The van der Waals surface area contributed by atoms with Gasteiger partial charge in [-0.2, -0.15) is 0 Å². The molecular formula is C30H31ClN4O2. The number of pyridine rings is 1. The van der Waals surface area contributed by atoms with Crippen LogP contribution in [-0.4, -0.2) is 47.9 Å². The Morgan fingerprint density at radius 3 is 2.22 bits per heavy atom. The lowest BCUT2D eigenvalue weighted by Crippen LogP contribution is -2.42. The average Bonchev–Trinajstić information content (AvgIpc) is 3.31. The third kappa shape index (κ3) is 4.71. The van der Waals surface area contributed by atoms with E-state index in [1.54, 1.807) is 11.0 Å². The van der Waals surface area contributed by atoms with E-state index in [-0.39, 0.29) is 11.8 Å². The number of hydrogen-bond donors (Lipinski definition) is 0. The van der Waals surface area contributed by atoms with Crippen LogP contribution < -0.4 is 9.80 Å². The number of benzene rings is 2. The smallest absolute Gasteiger partial charge is 0.260 e. The molecule has 4 heterocycles. The lowest BCUT2D eigenvalue weighted by atomic mass is 9.78. The van der Waals surface area contributed by atoms with Gasteiger partial charge in [0, 0.05) is 55.5 Å². The Labute approximate surface area is 222 Å². The standard InChI is InChI=1S/C30H31ClN4O2/c31-27-6-2-4-24-20-35(30(37)28(24)27)26-5-1-3-23(19-26)29(36)34-17-11-22(12-18-34)21-9-15-33(16-10-21)25-7-13-32-14-8-25/h1-8,13-14,19,21-22H,9-12,15-18,20H2. The first-order chi connectivity index (χ1) is 18.1. The number of carbonyl (C=O) groups excluding carboxylic acids is 2. The van der Waals surface area contributed by atoms with Crippen molar-refractivity contribution in [3.8, 4) is 0 Å². The number of rotatable bonds is 4. The summed E-state index contributed by atoms with van der Waals surface area (Å²) in [6.45, 7) is 4.23. The van der Waals surface area contributed by atoms with Gasteiger partial charge in [-0.1, -0.05) is 29.8 Å². The molecule has 3 aromatic rings. The molecule has 0 saturated carbocycles. The SMILES string of the molecule is O=C(c1cccc(N2Cc3cccc(Cl)c3C2=O)c1)N1CCC(C2CCN(c3ccncc3)CC2)CC1. The highest BCUT2D eigenvalue weighted by Gasteiger charge is 2.33. The quantitative estimate of drug-likeness (QED) is 0.450. The third-order valence-corrected chi connectivity index (χ3v) is 8.67. The first-order valence-corrected chi connectivity index (χ1v) is 13.6. The van der Waals surface area contributed by atoms with Gasteiger partial charge in [0.2, 0.25) is 0 Å². The third-order valence-electron chi connectivity index (χ3n) is 8.35. The lowest BCUT2D eigenvalue weighted by Gasteiger charge is -2.41. The molecule has 2 amide bonds. The van der Waals surface area contributed by atoms with Crippen LogP contribution in [0.4, 0.5) is 11.4 Å². The van der Waals surface area contributed by atoms with Gasteiger partial charge < -0.3 is 14.7 Å². The number of fused-ring (bicyclic) bond motifs is 1. The fourth-order valence-corrected chi connectivity index (χ4v) is 6.55. The van der Waals surface area contributed by atoms with Gasteiger partial charge in [-0.05, 0) is 79.5 Å². The highest BCUT2D eigenvalue weighted by atomic mass is 35.5. The van der Waals surface area contributed by atoms with Gasteiger partial charge in [-0.25, -0.2) is 0 Å². The molecule has 1 aromatic heterocycles. The number of anilines is 2. The van der Waals surface area contributed by atoms with E-state index < -0.39 is 0 Å². The summed E-state index contributed by atoms with van der Waals surface area (Å²) in [6.07, 6.45) is 8.26. The number of likely N-dealkylation sites (tertiary alicyclic amines) is 1. The van der Waals surface area contributed by atoms with Crippen molar-refractivity contribution >= 4 is 34.8 Å². The van der Waals surface area contributed by atoms with E-state index in [4.69, 9.17) is 11.6 Å². The molecule has 0 aliphatic carbocycles. The summed E-state index contributed by atoms with van der Waals surface area (Å²) >= 11 is 6.29. The van der Waals surface area contributed by atoms with Crippen LogP contribution in [0.3, 0.4) is 0 Å². The maximum atomic E-state index is 13.4. The predicted molar refractivity (Wildman–Crippen MR) is 146 cm³/mol. The Morgan fingerprint density at radius 1 is 0.838 bits per heavy atom. The molecule has 190 valence electrons. The van der Waals surface area contributed by atoms with Crippen LogP contribution in [0.25, 0.3) is 0 Å². The molecule has 2 fully saturated rings. The van der Waals surface area contributed by atoms with Gasteiger partial charge >= 0.3 is 0 Å². The molecule has 6 nitrogen and oxygen atoms in total. The monoisotopic (exact) mass is 514 g/mol. The number of piperidine rings is 2. The number of carbonyl (C=O) groups is 2. The zero-order valence-electron chi connectivity index (χ0n) is 20.9. The molecule has 0 atom stereocenters. The first kappa shape index (κ1) is 24.0. The van der Waals surface area contributed by atoms with Crippen molar-refractivity contribution in [2.75, 3.05) is 36.0 Å². The van der Waals surface area contributed by atoms with E-state index in [1.165, 1.54) is 18.5 Å². The van der Waals surface area contributed by atoms with Crippen molar-refractivity contribution in [1.29, 1.82) is 0 Å². The molecule has 0 bridgehead atoms. The summed E-state index contributed by atoms with van der Waals surface area (Å²) in [5.74, 6) is 1.35. The summed E-state index contributed by atoms with van der Waals surface area (Å²) in [5, 5.41) is 0.475. The van der Waals surface area contributed by atoms with E-state index in [2.05, 4.69) is 22.0 Å². The van der Waals surface area contributed by atoms with Gasteiger partial charge in [-0.3, -0.25) is 14.6 Å². The minimum Gasteiger partial charge on any atom is -0.371 e. The second kappa shape index (κ2) is 10.2. The van der Waals surface area contributed by atoms with E-state index in [0.29, 0.717) is 28.6 Å². The van der Waals surface area contributed by atoms with Crippen molar-refractivity contribution in [3.05, 3.63) is 88.7 Å². The van der Waals surface area contributed by atoms with Crippen LogP contribution in [-0.2, 0) is 6.54 Å². The molecule has 3 aliphatic heterocycles. The molecule has 2 aromatic carbocycles. The minimum atomic E-state index is -0.110. The summed E-state index contributed by atoms with van der Waals surface area (Å²) in [6, 6.07) is 17.2. The van der Waals surface area contributed by atoms with Crippen molar-refractivity contribution in [2.24, 2.45) is 11.8 Å². The first-order valence-electron chi connectivity index (χ1n) is 13.2. The summed E-state index contributed by atoms with van der Waals surface area (Å²) in [4.78, 5) is 36.7. The van der Waals surface area contributed by atoms with Crippen LogP contribution >= 0.6 is 11.6 Å². The minimum absolute atomic E-state index is 0.0509. The highest BCUT2D eigenvalue weighted by molar-refractivity contribution is 6.35. The topological polar surface area (TPSA) is 56.8 Å². The van der Waals surface area contributed by atoms with Crippen LogP contribution in [0, 0.1) is 11.8 Å². The molecule has 0 unspecified atom stereocenters. The molecule has 0 spiro atoms. The van der Waals surface area contributed by atoms with Crippen molar-refractivity contribution in [2.45, 2.75) is 32.2 Å². The van der Waals surface area contributed by atoms with Crippen LogP contribution in [0.5, 0.6) is 0 Å². The zero-order valence-corrected chi connectivity index (χ0v) is 21.6. The Balaban J connectivity index is 1.06. The normalized spacial score (nSPS) is 18.8. The zero-order chi connectivity index (χ0) is 25.4. The number of amides is 2. The summed E-state index contributed by atoms with van der Waals surface area (Å²) in [7, 11) is 0. The lowest BCUT2D eigenvalue weighted by molar-refractivity contribution is 0.0645. The maximum Gasteiger partial charge on any atom is 0.260 e. The van der Waals surface area contributed by atoms with Gasteiger partial charge in [0.15, 0.2) is 0 Å². The fourth-order valence-electron chi connectivity index (χ4n) is 6.27. The predicted octanol–water partition coefficient (Wildman–Crippen LogP) is 5.66. The molecule has 3 aliphatic rings. The Bertz CT molecular complexity index is 1300. The number of nitrogens with zero attached hydrogens (tertiary/aromatic N) is 4. The molecular weight excluding hydrogens is 484 g/mol. The van der Waals surface area contributed by atoms with Gasteiger partial charge in [0.1, 0.15) is 0 Å². The molecule has 0 radical (unpaired) electrons. The van der Waals surface area contributed by atoms with Crippen LogP contribution in [0.1, 0.15) is 52.0 Å². The second-order valence-corrected chi connectivity index (χ2v) is 10.8. The Hall–Kier alpha value is -3.38. The molecule has 7 heteroatoms. The molecule has 37 heavy (non-hydrogen) atoms. The fraction of sp³-hybridized carbons (Fsp3) is 0.367. The average molecular weight is 515 g/mol. The van der Waals surface area contributed by atoms with Gasteiger partial charge in [0.25, 0.3) is 11.8 Å². The van der Waals surface area contributed by atoms with E-state index in [1.807, 2.05) is 53.7 Å². The Morgan fingerprint density at radius 2 is 1.51 bits per heavy atom. The second-order valence-electron chi connectivity index (χ2n) is 10.4. The molecule has 6 rings (SSSR count). The van der Waals surface area contributed by atoms with Crippen molar-refractivity contribution in [3.63, 3.8) is 0 Å². The number of halogens is 1.